The van der Waals surface area contributed by atoms with E-state index in [1.165, 1.54) is 11.1 Å². The molecule has 1 aromatic heterocycles. The van der Waals surface area contributed by atoms with E-state index in [0.717, 1.165) is 6.54 Å². The maximum Gasteiger partial charge on any atom is 0.222 e. The Morgan fingerprint density at radius 3 is 2.67 bits per heavy atom. The molecular formula is C12H13N3. The lowest BCUT2D eigenvalue weighted by Crippen LogP contribution is -2.02. The van der Waals surface area contributed by atoms with Crippen molar-refractivity contribution in [2.45, 2.75) is 13.5 Å². The first kappa shape index (κ1) is 9.65. The van der Waals surface area contributed by atoms with Gasteiger partial charge < -0.3 is 5.32 Å². The van der Waals surface area contributed by atoms with Crippen LogP contribution in [0.4, 0.5) is 5.95 Å². The fraction of sp³-hybridized carbons (Fsp3) is 0.167. The van der Waals surface area contributed by atoms with Gasteiger partial charge in [0.05, 0.1) is 0 Å². The zero-order valence-corrected chi connectivity index (χ0v) is 8.64. The van der Waals surface area contributed by atoms with E-state index in [9.17, 15) is 0 Å². The highest BCUT2D eigenvalue weighted by atomic mass is 15.1. The van der Waals surface area contributed by atoms with Gasteiger partial charge in [0.2, 0.25) is 5.95 Å². The van der Waals surface area contributed by atoms with Crippen molar-refractivity contribution < 1.29 is 0 Å². The minimum atomic E-state index is 0.666. The first-order valence-corrected chi connectivity index (χ1v) is 4.91. The molecule has 2 aromatic rings. The van der Waals surface area contributed by atoms with Crippen molar-refractivity contribution >= 4 is 5.95 Å². The molecule has 0 spiro atoms. The quantitative estimate of drug-likeness (QED) is 0.824. The lowest BCUT2D eigenvalue weighted by atomic mass is 10.1. The molecule has 1 heterocycles. The topological polar surface area (TPSA) is 37.8 Å². The number of nitrogens with one attached hydrogen (secondary N) is 1. The van der Waals surface area contributed by atoms with Crippen molar-refractivity contribution in [1.82, 2.24) is 9.97 Å². The van der Waals surface area contributed by atoms with Crippen LogP contribution in [0.3, 0.4) is 0 Å². The molecule has 0 amide bonds. The van der Waals surface area contributed by atoms with Gasteiger partial charge in [0.15, 0.2) is 0 Å². The monoisotopic (exact) mass is 199 g/mol. The second kappa shape index (κ2) is 4.55. The van der Waals surface area contributed by atoms with Gasteiger partial charge in [0, 0.05) is 18.9 Å². The molecule has 0 saturated heterocycles. The minimum absolute atomic E-state index is 0.666. The van der Waals surface area contributed by atoms with Gasteiger partial charge in [-0.25, -0.2) is 9.97 Å². The maximum atomic E-state index is 4.09. The summed E-state index contributed by atoms with van der Waals surface area (Å²) < 4.78 is 0. The van der Waals surface area contributed by atoms with Crippen LogP contribution in [-0.4, -0.2) is 9.97 Å². The number of benzene rings is 1. The number of anilines is 1. The SMILES string of the molecule is Cc1cccc(CNc2ncccn2)c1. The average Bonchev–Trinajstić information content (AvgIpc) is 2.28. The summed E-state index contributed by atoms with van der Waals surface area (Å²) in [6.07, 6.45) is 3.46. The molecule has 0 bridgehead atoms. The average molecular weight is 199 g/mol. The van der Waals surface area contributed by atoms with E-state index < -0.39 is 0 Å². The van der Waals surface area contributed by atoms with Gasteiger partial charge in [-0.1, -0.05) is 29.8 Å². The van der Waals surface area contributed by atoms with Gasteiger partial charge in [0.1, 0.15) is 0 Å². The molecule has 1 N–H and O–H groups in total. The summed E-state index contributed by atoms with van der Waals surface area (Å²) >= 11 is 0. The largest absolute Gasteiger partial charge is 0.350 e. The van der Waals surface area contributed by atoms with E-state index in [0.29, 0.717) is 5.95 Å². The minimum Gasteiger partial charge on any atom is -0.350 e. The molecule has 0 atom stereocenters. The van der Waals surface area contributed by atoms with Crippen molar-refractivity contribution in [3.8, 4) is 0 Å². The molecule has 0 radical (unpaired) electrons. The van der Waals surface area contributed by atoms with Gasteiger partial charge in [-0.15, -0.1) is 0 Å². The Hall–Kier alpha value is -1.90. The summed E-state index contributed by atoms with van der Waals surface area (Å²) in [4.78, 5) is 8.19. The highest BCUT2D eigenvalue weighted by molar-refractivity contribution is 5.28. The molecule has 0 unspecified atom stereocenters. The Labute approximate surface area is 89.2 Å². The predicted octanol–water partition coefficient (Wildman–Crippen LogP) is 2.40. The summed E-state index contributed by atoms with van der Waals surface area (Å²) in [6, 6.07) is 10.2. The molecule has 3 nitrogen and oxygen atoms in total. The number of nitrogens with zero attached hydrogens (tertiary/aromatic N) is 2. The molecule has 3 heteroatoms. The lowest BCUT2D eigenvalue weighted by Gasteiger charge is -2.04. The van der Waals surface area contributed by atoms with Crippen LogP contribution in [0.15, 0.2) is 42.7 Å². The van der Waals surface area contributed by atoms with Gasteiger partial charge >= 0.3 is 0 Å². The highest BCUT2D eigenvalue weighted by Crippen LogP contribution is 2.05. The van der Waals surface area contributed by atoms with Crippen LogP contribution in [0.1, 0.15) is 11.1 Å². The molecule has 1 aromatic carbocycles. The fourth-order valence-electron chi connectivity index (χ4n) is 1.39. The van der Waals surface area contributed by atoms with Crippen LogP contribution >= 0.6 is 0 Å². The van der Waals surface area contributed by atoms with Crippen LogP contribution < -0.4 is 5.32 Å². The standard InChI is InChI=1S/C12H13N3/c1-10-4-2-5-11(8-10)9-15-12-13-6-3-7-14-12/h2-8H,9H2,1H3,(H,13,14,15). The van der Waals surface area contributed by atoms with Crippen molar-refractivity contribution in [2.75, 3.05) is 5.32 Å². The van der Waals surface area contributed by atoms with E-state index >= 15 is 0 Å². The molecule has 2 rings (SSSR count). The van der Waals surface area contributed by atoms with Gasteiger partial charge in [-0.05, 0) is 18.6 Å². The summed E-state index contributed by atoms with van der Waals surface area (Å²) in [6.45, 7) is 2.84. The number of hydrogen-bond acceptors (Lipinski definition) is 3. The van der Waals surface area contributed by atoms with Crippen LogP contribution in [0.2, 0.25) is 0 Å². The summed E-state index contributed by atoms with van der Waals surface area (Å²) in [7, 11) is 0. The van der Waals surface area contributed by atoms with Gasteiger partial charge in [0.25, 0.3) is 0 Å². The Bertz CT molecular complexity index is 426. The van der Waals surface area contributed by atoms with Crippen LogP contribution in [0.5, 0.6) is 0 Å². The molecule has 0 aliphatic rings. The molecule has 0 aliphatic heterocycles. The summed E-state index contributed by atoms with van der Waals surface area (Å²) in [5.41, 5.74) is 2.51. The third kappa shape index (κ3) is 2.77. The second-order valence-electron chi connectivity index (χ2n) is 3.42. The highest BCUT2D eigenvalue weighted by Gasteiger charge is 1.95. The summed E-state index contributed by atoms with van der Waals surface area (Å²) in [5.74, 6) is 0.666. The van der Waals surface area contributed by atoms with Crippen molar-refractivity contribution in [3.05, 3.63) is 53.9 Å². The number of aryl methyl sites for hydroxylation is 1. The molecule has 15 heavy (non-hydrogen) atoms. The number of aromatic nitrogens is 2. The molecule has 0 saturated carbocycles. The molecule has 0 aliphatic carbocycles. The van der Waals surface area contributed by atoms with Crippen LogP contribution in [0.25, 0.3) is 0 Å². The number of rotatable bonds is 3. The normalized spacial score (nSPS) is 9.93. The van der Waals surface area contributed by atoms with E-state index in [2.05, 4.69) is 46.5 Å². The fourth-order valence-corrected chi connectivity index (χ4v) is 1.39. The third-order valence-electron chi connectivity index (χ3n) is 2.10. The van der Waals surface area contributed by atoms with Crippen molar-refractivity contribution in [1.29, 1.82) is 0 Å². The molecule has 76 valence electrons. The maximum absolute atomic E-state index is 4.09. The molecule has 0 fully saturated rings. The zero-order chi connectivity index (χ0) is 10.5. The predicted molar refractivity (Wildman–Crippen MR) is 60.5 cm³/mol. The Morgan fingerprint density at radius 1 is 1.13 bits per heavy atom. The Balaban J connectivity index is 1.99. The lowest BCUT2D eigenvalue weighted by molar-refractivity contribution is 1.05. The van der Waals surface area contributed by atoms with E-state index in [4.69, 9.17) is 0 Å². The Kier molecular flexibility index (Phi) is 2.93. The number of hydrogen-bond donors (Lipinski definition) is 1. The summed E-state index contributed by atoms with van der Waals surface area (Å²) in [5, 5.41) is 3.17. The van der Waals surface area contributed by atoms with Crippen LogP contribution in [-0.2, 0) is 6.54 Å². The third-order valence-corrected chi connectivity index (χ3v) is 2.10. The van der Waals surface area contributed by atoms with Crippen LogP contribution in [0, 0.1) is 6.92 Å². The smallest absolute Gasteiger partial charge is 0.222 e. The zero-order valence-electron chi connectivity index (χ0n) is 8.64. The second-order valence-corrected chi connectivity index (χ2v) is 3.42. The van der Waals surface area contributed by atoms with E-state index in [1.807, 2.05) is 0 Å². The van der Waals surface area contributed by atoms with E-state index in [-0.39, 0.29) is 0 Å². The van der Waals surface area contributed by atoms with Gasteiger partial charge in [-0.3, -0.25) is 0 Å². The first-order chi connectivity index (χ1) is 7.34. The van der Waals surface area contributed by atoms with Crippen molar-refractivity contribution in [2.24, 2.45) is 0 Å². The Morgan fingerprint density at radius 2 is 1.93 bits per heavy atom. The first-order valence-electron chi connectivity index (χ1n) is 4.91. The van der Waals surface area contributed by atoms with E-state index in [1.54, 1.807) is 18.5 Å². The molecular weight excluding hydrogens is 186 g/mol. The van der Waals surface area contributed by atoms with Crippen molar-refractivity contribution in [3.63, 3.8) is 0 Å². The van der Waals surface area contributed by atoms with Gasteiger partial charge in [-0.2, -0.15) is 0 Å².